The minimum absolute atomic E-state index is 0.0176. The van der Waals surface area contributed by atoms with E-state index < -0.39 is 0 Å². The molecule has 1 aliphatic carbocycles. The maximum Gasteiger partial charge on any atom is 0.219 e. The van der Waals surface area contributed by atoms with Crippen molar-refractivity contribution in [1.82, 2.24) is 29.8 Å². The van der Waals surface area contributed by atoms with Gasteiger partial charge in [0.1, 0.15) is 6.10 Å². The Balaban J connectivity index is 1.49. The highest BCUT2D eigenvalue weighted by Gasteiger charge is 2.33. The molecule has 8 nitrogen and oxygen atoms in total. The monoisotopic (exact) mass is 446 g/mol. The molecule has 1 aromatic carbocycles. The molecule has 1 saturated carbocycles. The molecule has 0 spiro atoms. The van der Waals surface area contributed by atoms with E-state index in [0.29, 0.717) is 12.5 Å². The van der Waals surface area contributed by atoms with E-state index in [-0.39, 0.29) is 12.0 Å². The smallest absolute Gasteiger partial charge is 0.219 e. The van der Waals surface area contributed by atoms with E-state index in [1.54, 1.807) is 4.68 Å². The number of nitrogens with one attached hydrogen (secondary N) is 1. The Bertz CT molecular complexity index is 1330. The second-order valence-corrected chi connectivity index (χ2v) is 9.59. The number of hydrogen-bond acceptors (Lipinski definition) is 5. The minimum atomic E-state index is -0.0176. The van der Waals surface area contributed by atoms with Crippen molar-refractivity contribution in [3.05, 3.63) is 41.3 Å². The van der Waals surface area contributed by atoms with Gasteiger partial charge in [-0.05, 0) is 43.9 Å². The van der Waals surface area contributed by atoms with Crippen LogP contribution in [0.15, 0.2) is 24.4 Å². The Hall–Kier alpha value is -3.29. The third kappa shape index (κ3) is 3.48. The number of fused-ring (bicyclic) bond motifs is 4. The normalized spacial score (nSPS) is 21.1. The van der Waals surface area contributed by atoms with Crippen molar-refractivity contribution < 1.29 is 9.47 Å². The van der Waals surface area contributed by atoms with Crippen LogP contribution in [0.2, 0.25) is 0 Å². The second kappa shape index (κ2) is 7.64. The molecule has 2 aliphatic rings. The Morgan fingerprint density at radius 1 is 1.06 bits per heavy atom. The maximum absolute atomic E-state index is 6.36. The zero-order chi connectivity index (χ0) is 22.7. The summed E-state index contributed by atoms with van der Waals surface area (Å²) >= 11 is 0. The van der Waals surface area contributed by atoms with Crippen molar-refractivity contribution in [1.29, 1.82) is 0 Å². The summed E-state index contributed by atoms with van der Waals surface area (Å²) < 4.78 is 16.4. The third-order valence-corrected chi connectivity index (χ3v) is 6.94. The van der Waals surface area contributed by atoms with Crippen LogP contribution in [-0.2, 0) is 20.5 Å². The fraction of sp³-hybridized carbons (Fsp3) is 0.480. The SMILES string of the molecule is CC1Cc2c(C3CC3)nn(C)c2OCC[C@H](C)Oc2c(cnn2C)-c2ccc3n[nH]c1c3c2. The summed E-state index contributed by atoms with van der Waals surface area (Å²) in [4.78, 5) is 0. The molecule has 1 fully saturated rings. The number of nitrogens with zero attached hydrogens (tertiary/aromatic N) is 5. The first-order valence-electron chi connectivity index (χ1n) is 11.8. The number of aromatic amines is 1. The summed E-state index contributed by atoms with van der Waals surface area (Å²) in [5.41, 5.74) is 6.62. The van der Waals surface area contributed by atoms with Gasteiger partial charge in [0.05, 0.1) is 29.6 Å². The average Bonchev–Trinajstić information content (AvgIpc) is 3.35. The van der Waals surface area contributed by atoms with Crippen molar-refractivity contribution in [2.45, 2.75) is 57.5 Å². The van der Waals surface area contributed by atoms with E-state index in [9.17, 15) is 0 Å². The molecular formula is C25H30N6O2. The molecule has 2 bridgehead atoms. The highest BCUT2D eigenvalue weighted by molar-refractivity contribution is 5.87. The lowest BCUT2D eigenvalue weighted by atomic mass is 9.94. The largest absolute Gasteiger partial charge is 0.477 e. The highest BCUT2D eigenvalue weighted by atomic mass is 16.5. The van der Waals surface area contributed by atoms with Gasteiger partial charge in [-0.15, -0.1) is 0 Å². The molecule has 6 rings (SSSR count). The van der Waals surface area contributed by atoms with E-state index in [1.807, 2.05) is 25.0 Å². The summed E-state index contributed by atoms with van der Waals surface area (Å²) in [5, 5.41) is 18.4. The lowest BCUT2D eigenvalue weighted by Crippen LogP contribution is -2.18. The molecule has 2 atom stereocenters. The van der Waals surface area contributed by atoms with E-state index in [4.69, 9.17) is 14.6 Å². The lowest BCUT2D eigenvalue weighted by Gasteiger charge is -2.17. The number of aromatic nitrogens is 6. The molecule has 0 saturated heterocycles. The number of benzene rings is 1. The van der Waals surface area contributed by atoms with Crippen LogP contribution in [0.1, 0.15) is 61.9 Å². The zero-order valence-electron chi connectivity index (χ0n) is 19.6. The van der Waals surface area contributed by atoms with Gasteiger partial charge >= 0.3 is 0 Å². The first-order valence-corrected chi connectivity index (χ1v) is 11.8. The molecular weight excluding hydrogens is 416 g/mol. The number of ether oxygens (including phenoxy) is 2. The lowest BCUT2D eigenvalue weighted by molar-refractivity contribution is 0.161. The van der Waals surface area contributed by atoms with Gasteiger partial charge in [0, 0.05) is 49.0 Å². The summed E-state index contributed by atoms with van der Waals surface area (Å²) in [5.74, 6) is 2.46. The van der Waals surface area contributed by atoms with Gasteiger partial charge in [-0.3, -0.25) is 5.10 Å². The van der Waals surface area contributed by atoms with Crippen LogP contribution < -0.4 is 9.47 Å². The summed E-state index contributed by atoms with van der Waals surface area (Å²) in [6.07, 6.45) is 5.92. The number of H-pyrrole nitrogens is 1. The molecule has 0 radical (unpaired) electrons. The predicted octanol–water partition coefficient (Wildman–Crippen LogP) is 4.47. The Morgan fingerprint density at radius 2 is 1.91 bits per heavy atom. The molecule has 33 heavy (non-hydrogen) atoms. The van der Waals surface area contributed by atoms with Crippen LogP contribution in [0.3, 0.4) is 0 Å². The molecule has 172 valence electrons. The predicted molar refractivity (Wildman–Crippen MR) is 126 cm³/mol. The zero-order valence-corrected chi connectivity index (χ0v) is 19.6. The number of hydrogen-bond donors (Lipinski definition) is 1. The molecule has 3 aromatic heterocycles. The fourth-order valence-corrected chi connectivity index (χ4v) is 4.95. The second-order valence-electron chi connectivity index (χ2n) is 9.59. The van der Waals surface area contributed by atoms with Crippen molar-refractivity contribution in [2.24, 2.45) is 14.1 Å². The average molecular weight is 447 g/mol. The highest BCUT2D eigenvalue weighted by Crippen LogP contribution is 2.45. The number of aryl methyl sites for hydroxylation is 2. The summed E-state index contributed by atoms with van der Waals surface area (Å²) in [6.45, 7) is 4.91. The summed E-state index contributed by atoms with van der Waals surface area (Å²) in [7, 11) is 3.91. The van der Waals surface area contributed by atoms with Gasteiger partial charge in [0.15, 0.2) is 0 Å². The topological polar surface area (TPSA) is 82.8 Å². The van der Waals surface area contributed by atoms with Gasteiger partial charge in [-0.25, -0.2) is 9.36 Å². The first kappa shape index (κ1) is 20.3. The van der Waals surface area contributed by atoms with Gasteiger partial charge in [-0.2, -0.15) is 15.3 Å². The number of rotatable bonds is 1. The van der Waals surface area contributed by atoms with Gasteiger partial charge in [-0.1, -0.05) is 13.0 Å². The molecule has 0 amide bonds. The van der Waals surface area contributed by atoms with E-state index in [2.05, 4.69) is 47.3 Å². The van der Waals surface area contributed by atoms with Gasteiger partial charge < -0.3 is 9.47 Å². The standard InChI is InChI=1S/C25H30N6O2/c1-14-11-19-23(16-5-6-16)29-31(4)24(19)32-10-9-15(2)33-25-20(13-26-30(25)3)17-7-8-21-18(12-17)22(14)28-27-21/h7-8,12-16H,5-6,9-11H2,1-4H3,(H,27,28)/t14?,15-/m0/s1. The Morgan fingerprint density at radius 3 is 2.73 bits per heavy atom. The first-order chi connectivity index (χ1) is 16.0. The van der Waals surface area contributed by atoms with Gasteiger partial charge in [0.2, 0.25) is 11.8 Å². The van der Waals surface area contributed by atoms with Crippen molar-refractivity contribution in [3.8, 4) is 22.9 Å². The Kier molecular flexibility index (Phi) is 4.71. The molecule has 4 heterocycles. The quantitative estimate of drug-likeness (QED) is 0.466. The van der Waals surface area contributed by atoms with Crippen molar-refractivity contribution >= 4 is 10.9 Å². The molecule has 1 N–H and O–H groups in total. The minimum Gasteiger partial charge on any atom is -0.477 e. The van der Waals surface area contributed by atoms with Crippen LogP contribution in [0, 0.1) is 0 Å². The molecule has 8 heteroatoms. The third-order valence-electron chi connectivity index (χ3n) is 6.94. The van der Waals surface area contributed by atoms with Gasteiger partial charge in [0.25, 0.3) is 0 Å². The van der Waals surface area contributed by atoms with Crippen LogP contribution in [0.25, 0.3) is 22.0 Å². The van der Waals surface area contributed by atoms with Crippen LogP contribution in [0.4, 0.5) is 0 Å². The van der Waals surface area contributed by atoms with Crippen LogP contribution in [0.5, 0.6) is 11.8 Å². The summed E-state index contributed by atoms with van der Waals surface area (Å²) in [6, 6.07) is 6.38. The molecule has 1 unspecified atom stereocenters. The van der Waals surface area contributed by atoms with E-state index in [0.717, 1.165) is 52.3 Å². The van der Waals surface area contributed by atoms with Crippen molar-refractivity contribution in [3.63, 3.8) is 0 Å². The fourth-order valence-electron chi connectivity index (χ4n) is 4.95. The van der Waals surface area contributed by atoms with Crippen molar-refractivity contribution in [2.75, 3.05) is 6.61 Å². The van der Waals surface area contributed by atoms with Crippen LogP contribution >= 0.6 is 0 Å². The Labute approximate surface area is 192 Å². The molecule has 1 aliphatic heterocycles. The molecule has 4 aromatic rings. The maximum atomic E-state index is 6.36. The van der Waals surface area contributed by atoms with E-state index in [1.165, 1.54) is 24.1 Å². The van der Waals surface area contributed by atoms with Crippen LogP contribution in [-0.4, -0.2) is 42.5 Å². The van der Waals surface area contributed by atoms with E-state index >= 15 is 0 Å².